The van der Waals surface area contributed by atoms with Crippen molar-refractivity contribution < 1.29 is 17.2 Å². The van der Waals surface area contributed by atoms with Gasteiger partial charge >= 0.3 is 10.4 Å². The van der Waals surface area contributed by atoms with E-state index in [-0.39, 0.29) is 0 Å². The summed E-state index contributed by atoms with van der Waals surface area (Å²) in [5.74, 6) is 0. The Labute approximate surface area is 86.1 Å². The topological polar surface area (TPSA) is 102 Å². The van der Waals surface area contributed by atoms with Crippen LogP contribution in [0.25, 0.3) is 0 Å². The van der Waals surface area contributed by atoms with Gasteiger partial charge in [0.25, 0.3) is 0 Å². The zero-order valence-corrected chi connectivity index (χ0v) is 9.67. The Balaban J connectivity index is -0.000000138. The molecule has 0 aromatic rings. The van der Waals surface area contributed by atoms with Gasteiger partial charge in [0.2, 0.25) is 0 Å². The Hall–Kier alpha value is -0.630. The number of hydrogen-bond donors (Lipinski definition) is 3. The van der Waals surface area contributed by atoms with Gasteiger partial charge in [0, 0.05) is 0 Å². The summed E-state index contributed by atoms with van der Waals surface area (Å²) in [5.41, 5.74) is 4.61. The third kappa shape index (κ3) is 64.0. The predicted octanol–water partition coefficient (Wildman–Crippen LogP) is 0.140. The van der Waals surface area contributed by atoms with Gasteiger partial charge in [0.1, 0.15) is 0 Å². The first-order valence-corrected chi connectivity index (χ1v) is 5.32. The average Bonchev–Trinajstić information content (AvgIpc) is 2.07. The van der Waals surface area contributed by atoms with Crippen LogP contribution >= 0.6 is 0 Å². The van der Waals surface area contributed by atoms with Crippen LogP contribution in [0.3, 0.4) is 0 Å². The standard InChI is InChI=1S/C4H11N.C2H5N.CH4O4S/c1-3-5-4-2;1-2-3;1-5-6(2,3)4/h5H,3-4H2,1-2H3;2H,1,3H2;1H3,(H,2,3,4). The molecule has 0 aromatic heterocycles. The van der Waals surface area contributed by atoms with Crippen LogP contribution in [-0.4, -0.2) is 33.2 Å². The minimum atomic E-state index is -4.16. The Morgan fingerprint density at radius 3 is 1.71 bits per heavy atom. The Bertz CT molecular complexity index is 190. The normalized spacial score (nSPS) is 8.86. The van der Waals surface area contributed by atoms with E-state index in [9.17, 15) is 8.42 Å². The second-order valence-corrected chi connectivity index (χ2v) is 2.98. The monoisotopic (exact) mass is 228 g/mol. The first-order chi connectivity index (χ1) is 6.39. The fourth-order valence-corrected chi connectivity index (χ4v) is 0.250. The molecule has 0 aliphatic carbocycles. The van der Waals surface area contributed by atoms with E-state index in [0.29, 0.717) is 0 Å². The van der Waals surface area contributed by atoms with Crippen LogP contribution in [0.4, 0.5) is 0 Å². The summed E-state index contributed by atoms with van der Waals surface area (Å²) in [6, 6.07) is 0. The van der Waals surface area contributed by atoms with Gasteiger partial charge < -0.3 is 11.1 Å². The molecular formula is C7H20N2O4S. The molecule has 0 radical (unpaired) electrons. The van der Waals surface area contributed by atoms with Crippen LogP contribution in [0.2, 0.25) is 0 Å². The van der Waals surface area contributed by atoms with Crippen LogP contribution in [0.15, 0.2) is 12.8 Å². The van der Waals surface area contributed by atoms with Crippen molar-refractivity contribution in [3.05, 3.63) is 12.8 Å². The van der Waals surface area contributed by atoms with Crippen molar-refractivity contribution in [3.63, 3.8) is 0 Å². The van der Waals surface area contributed by atoms with Crippen LogP contribution in [-0.2, 0) is 14.6 Å². The van der Waals surface area contributed by atoms with Crippen molar-refractivity contribution in [1.82, 2.24) is 5.32 Å². The van der Waals surface area contributed by atoms with E-state index < -0.39 is 10.4 Å². The highest BCUT2D eigenvalue weighted by atomic mass is 32.3. The van der Waals surface area contributed by atoms with Crippen molar-refractivity contribution in [2.24, 2.45) is 5.73 Å². The molecule has 0 heterocycles. The summed E-state index contributed by atoms with van der Waals surface area (Å²) in [4.78, 5) is 0. The summed E-state index contributed by atoms with van der Waals surface area (Å²) < 4.78 is 29.7. The van der Waals surface area contributed by atoms with E-state index in [1.54, 1.807) is 0 Å². The highest BCUT2D eigenvalue weighted by Crippen LogP contribution is 1.74. The lowest BCUT2D eigenvalue weighted by molar-refractivity contribution is 0.324. The Kier molecular flexibility index (Phi) is 20.2. The SMILES string of the molecule is C=CN.CCNCC.COS(=O)(=O)O. The average molecular weight is 228 g/mol. The number of nitrogens with two attached hydrogens (primary N) is 1. The fourth-order valence-electron chi connectivity index (χ4n) is 0.250. The molecule has 7 heteroatoms. The Morgan fingerprint density at radius 2 is 1.71 bits per heavy atom. The molecule has 0 aliphatic rings. The van der Waals surface area contributed by atoms with E-state index in [2.05, 4.69) is 35.7 Å². The maximum atomic E-state index is 9.33. The molecule has 0 aromatic carbocycles. The smallest absolute Gasteiger partial charge is 0.397 e. The third-order valence-electron chi connectivity index (χ3n) is 0.711. The van der Waals surface area contributed by atoms with Gasteiger partial charge in [0.05, 0.1) is 7.11 Å². The van der Waals surface area contributed by atoms with Gasteiger partial charge in [-0.15, -0.1) is 0 Å². The zero-order chi connectivity index (χ0) is 12.0. The molecule has 6 nitrogen and oxygen atoms in total. The molecule has 0 bridgehead atoms. The quantitative estimate of drug-likeness (QED) is 0.594. The Morgan fingerprint density at radius 1 is 1.50 bits per heavy atom. The lowest BCUT2D eigenvalue weighted by Crippen LogP contribution is -2.09. The van der Waals surface area contributed by atoms with Gasteiger partial charge in [-0.3, -0.25) is 8.74 Å². The molecule has 0 aliphatic heterocycles. The van der Waals surface area contributed by atoms with Gasteiger partial charge in [-0.05, 0) is 19.3 Å². The lowest BCUT2D eigenvalue weighted by atomic mass is 10.7. The molecule has 0 unspecified atom stereocenters. The molecule has 0 rings (SSSR count). The van der Waals surface area contributed by atoms with E-state index in [0.717, 1.165) is 20.2 Å². The molecule has 0 fully saturated rings. The highest BCUT2D eigenvalue weighted by molar-refractivity contribution is 7.80. The summed E-state index contributed by atoms with van der Waals surface area (Å²) >= 11 is 0. The molecule has 0 amide bonds. The van der Waals surface area contributed by atoms with Gasteiger partial charge in [-0.25, -0.2) is 0 Å². The number of nitrogens with one attached hydrogen (secondary N) is 1. The van der Waals surface area contributed by atoms with Crippen molar-refractivity contribution in [2.75, 3.05) is 20.2 Å². The van der Waals surface area contributed by atoms with Gasteiger partial charge in [0.15, 0.2) is 0 Å². The first-order valence-electron chi connectivity index (χ1n) is 3.95. The maximum Gasteiger partial charge on any atom is 0.397 e. The van der Waals surface area contributed by atoms with Crippen LogP contribution in [0.1, 0.15) is 13.8 Å². The third-order valence-corrected chi connectivity index (χ3v) is 1.13. The van der Waals surface area contributed by atoms with Crippen molar-refractivity contribution in [1.29, 1.82) is 0 Å². The first kappa shape index (κ1) is 19.0. The van der Waals surface area contributed by atoms with Crippen LogP contribution in [0.5, 0.6) is 0 Å². The molecule has 0 saturated carbocycles. The van der Waals surface area contributed by atoms with Crippen LogP contribution in [0, 0.1) is 0 Å². The number of hydrogen-bond acceptors (Lipinski definition) is 5. The lowest BCUT2D eigenvalue weighted by Gasteiger charge is -1.86. The molecular weight excluding hydrogens is 208 g/mol. The highest BCUT2D eigenvalue weighted by Gasteiger charge is 1.93. The van der Waals surface area contributed by atoms with Crippen molar-refractivity contribution in [2.45, 2.75) is 13.8 Å². The molecule has 88 valence electrons. The van der Waals surface area contributed by atoms with Crippen molar-refractivity contribution in [3.8, 4) is 0 Å². The zero-order valence-electron chi connectivity index (χ0n) is 8.86. The molecule has 0 saturated heterocycles. The van der Waals surface area contributed by atoms with Gasteiger partial charge in [-0.2, -0.15) is 8.42 Å². The minimum Gasteiger partial charge on any atom is -0.405 e. The second kappa shape index (κ2) is 14.9. The summed E-state index contributed by atoms with van der Waals surface area (Å²) in [5, 5.41) is 3.11. The van der Waals surface area contributed by atoms with E-state index in [1.807, 2.05) is 0 Å². The van der Waals surface area contributed by atoms with Crippen LogP contribution < -0.4 is 11.1 Å². The molecule has 0 spiro atoms. The van der Waals surface area contributed by atoms with Gasteiger partial charge in [-0.1, -0.05) is 20.4 Å². The second-order valence-electron chi connectivity index (χ2n) is 1.79. The van der Waals surface area contributed by atoms with Crippen molar-refractivity contribution >= 4 is 10.4 Å². The van der Waals surface area contributed by atoms with E-state index >= 15 is 0 Å². The number of rotatable bonds is 3. The summed E-state index contributed by atoms with van der Waals surface area (Å²) in [6.45, 7) is 9.53. The van der Waals surface area contributed by atoms with E-state index in [4.69, 9.17) is 4.55 Å². The largest absolute Gasteiger partial charge is 0.405 e. The minimum absolute atomic E-state index is 0.870. The molecule has 0 atom stereocenters. The predicted molar refractivity (Wildman–Crippen MR) is 57.2 cm³/mol. The molecule has 14 heavy (non-hydrogen) atoms. The summed E-state index contributed by atoms with van der Waals surface area (Å²) in [6.07, 6.45) is 1.25. The van der Waals surface area contributed by atoms with E-state index in [1.165, 1.54) is 6.20 Å². The molecule has 4 N–H and O–H groups in total. The summed E-state index contributed by atoms with van der Waals surface area (Å²) in [7, 11) is -3.29. The maximum absolute atomic E-state index is 9.33. The fraction of sp³-hybridized carbons (Fsp3) is 0.714.